The van der Waals surface area contributed by atoms with Crippen molar-refractivity contribution in [2.45, 2.75) is 38.3 Å². The van der Waals surface area contributed by atoms with Gasteiger partial charge in [-0.05, 0) is 43.9 Å². The van der Waals surface area contributed by atoms with Crippen molar-refractivity contribution in [1.82, 2.24) is 4.90 Å². The summed E-state index contributed by atoms with van der Waals surface area (Å²) in [5.74, 6) is 0.763. The molecule has 3 atom stereocenters. The maximum atomic E-state index is 12.9. The Kier molecular flexibility index (Phi) is 4.87. The van der Waals surface area contributed by atoms with Crippen LogP contribution >= 0.6 is 0 Å². The molecule has 0 aliphatic carbocycles. The van der Waals surface area contributed by atoms with Gasteiger partial charge in [0.1, 0.15) is 5.75 Å². The summed E-state index contributed by atoms with van der Waals surface area (Å²) in [6, 6.07) is 5.63. The van der Waals surface area contributed by atoms with Gasteiger partial charge in [0.15, 0.2) is 0 Å². The van der Waals surface area contributed by atoms with E-state index in [2.05, 4.69) is 0 Å². The number of methoxy groups -OCH3 is 1. The Morgan fingerprint density at radius 1 is 1.39 bits per heavy atom. The molecule has 0 saturated carbocycles. The molecular weight excluding hydrogens is 294 g/mol. The van der Waals surface area contributed by atoms with Crippen LogP contribution in [0.15, 0.2) is 18.2 Å². The molecule has 0 spiro atoms. The van der Waals surface area contributed by atoms with Crippen molar-refractivity contribution in [3.63, 3.8) is 0 Å². The number of nitrogens with zero attached hydrogens (tertiary/aromatic N) is 1. The number of carbonyl (C=O) groups excluding carboxylic acids is 1. The summed E-state index contributed by atoms with van der Waals surface area (Å²) in [5, 5.41) is 10.3. The number of amides is 1. The highest BCUT2D eigenvalue weighted by Crippen LogP contribution is 2.31. The van der Waals surface area contributed by atoms with Crippen LogP contribution in [0.2, 0.25) is 0 Å². The fourth-order valence-corrected chi connectivity index (χ4v) is 3.72. The summed E-state index contributed by atoms with van der Waals surface area (Å²) in [6.45, 7) is 3.84. The fraction of sp³-hybridized carbons (Fsp3) is 0.611. The first-order valence-electron chi connectivity index (χ1n) is 8.33. The molecule has 2 fully saturated rings. The average molecular weight is 319 g/mol. The number of aryl methyl sites for hydroxylation is 1. The molecule has 0 bridgehead atoms. The van der Waals surface area contributed by atoms with Crippen LogP contribution in [0.25, 0.3) is 0 Å². The molecule has 3 rings (SSSR count). The highest BCUT2D eigenvalue weighted by atomic mass is 16.5. The molecule has 0 radical (unpaired) electrons. The molecule has 126 valence electrons. The number of benzene rings is 1. The monoisotopic (exact) mass is 319 g/mol. The van der Waals surface area contributed by atoms with Gasteiger partial charge in [0.05, 0.1) is 19.8 Å². The number of likely N-dealkylation sites (tertiary alicyclic amines) is 1. The Balaban J connectivity index is 1.80. The maximum absolute atomic E-state index is 12.9. The lowest BCUT2D eigenvalue weighted by Crippen LogP contribution is -2.48. The zero-order valence-electron chi connectivity index (χ0n) is 13.8. The topological polar surface area (TPSA) is 59.0 Å². The van der Waals surface area contributed by atoms with Crippen LogP contribution in [0.3, 0.4) is 0 Å². The number of ether oxygens (including phenoxy) is 2. The Labute approximate surface area is 137 Å². The number of hydrogen-bond donors (Lipinski definition) is 1. The van der Waals surface area contributed by atoms with Gasteiger partial charge in [-0.15, -0.1) is 0 Å². The van der Waals surface area contributed by atoms with Crippen molar-refractivity contribution >= 4 is 5.91 Å². The summed E-state index contributed by atoms with van der Waals surface area (Å²) in [6.07, 6.45) is 2.18. The molecule has 2 aliphatic heterocycles. The van der Waals surface area contributed by atoms with Crippen molar-refractivity contribution in [2.24, 2.45) is 5.92 Å². The van der Waals surface area contributed by atoms with Gasteiger partial charge >= 0.3 is 0 Å². The minimum atomic E-state index is -0.380. The van der Waals surface area contributed by atoms with Gasteiger partial charge < -0.3 is 19.5 Å². The molecule has 1 N–H and O–H groups in total. The second-order valence-corrected chi connectivity index (χ2v) is 6.49. The molecule has 0 aromatic heterocycles. The lowest BCUT2D eigenvalue weighted by Gasteiger charge is -2.37. The van der Waals surface area contributed by atoms with Crippen molar-refractivity contribution < 1.29 is 19.4 Å². The molecular formula is C18H25NO4. The predicted molar refractivity (Wildman–Crippen MR) is 86.7 cm³/mol. The van der Waals surface area contributed by atoms with Crippen LogP contribution in [-0.2, 0) is 4.74 Å². The summed E-state index contributed by atoms with van der Waals surface area (Å²) < 4.78 is 10.9. The first-order valence-corrected chi connectivity index (χ1v) is 8.33. The number of aliphatic hydroxyl groups excluding tert-OH is 1. The third-order valence-corrected chi connectivity index (χ3v) is 5.07. The van der Waals surface area contributed by atoms with E-state index in [4.69, 9.17) is 9.47 Å². The van der Waals surface area contributed by atoms with Crippen LogP contribution in [0.1, 0.15) is 35.2 Å². The van der Waals surface area contributed by atoms with E-state index in [1.807, 2.05) is 24.0 Å². The molecule has 2 aliphatic rings. The highest BCUT2D eigenvalue weighted by Gasteiger charge is 2.39. The normalized spacial score (nSPS) is 28.0. The van der Waals surface area contributed by atoms with E-state index in [0.29, 0.717) is 25.2 Å². The molecule has 1 amide bonds. The number of aliphatic hydroxyl groups is 1. The molecule has 2 saturated heterocycles. The maximum Gasteiger partial charge on any atom is 0.254 e. The first-order chi connectivity index (χ1) is 11.1. The van der Waals surface area contributed by atoms with Gasteiger partial charge in [0.25, 0.3) is 5.91 Å². The summed E-state index contributed by atoms with van der Waals surface area (Å²) >= 11 is 0. The molecule has 5 heteroatoms. The molecule has 0 unspecified atom stereocenters. The van der Waals surface area contributed by atoms with Gasteiger partial charge in [-0.2, -0.15) is 0 Å². The van der Waals surface area contributed by atoms with Crippen LogP contribution in [0, 0.1) is 12.8 Å². The quantitative estimate of drug-likeness (QED) is 0.926. The van der Waals surface area contributed by atoms with Gasteiger partial charge in [0.2, 0.25) is 0 Å². The Hall–Kier alpha value is -1.59. The number of hydrogen-bond acceptors (Lipinski definition) is 4. The SMILES string of the molecule is COc1cc(C(=O)N2CCC[C@@H]2[C@H]2COCC[C@@H]2O)ccc1C. The molecule has 2 heterocycles. The van der Waals surface area contributed by atoms with Crippen LogP contribution in [0.4, 0.5) is 0 Å². The molecule has 23 heavy (non-hydrogen) atoms. The standard InChI is InChI=1S/C18H25NO4/c1-12-5-6-13(10-17(12)22-2)18(21)19-8-3-4-15(19)14-11-23-9-7-16(14)20/h5-6,10,14-16,20H,3-4,7-9,11H2,1-2H3/t14-,15-,16+/m1/s1. The first kappa shape index (κ1) is 16.3. The van der Waals surface area contributed by atoms with Crippen molar-refractivity contribution in [3.05, 3.63) is 29.3 Å². The van der Waals surface area contributed by atoms with E-state index in [-0.39, 0.29) is 24.0 Å². The van der Waals surface area contributed by atoms with Gasteiger partial charge in [-0.1, -0.05) is 6.07 Å². The zero-order chi connectivity index (χ0) is 16.4. The van der Waals surface area contributed by atoms with E-state index >= 15 is 0 Å². The van der Waals surface area contributed by atoms with Crippen LogP contribution in [0.5, 0.6) is 5.75 Å². The molecule has 1 aromatic carbocycles. The largest absolute Gasteiger partial charge is 0.496 e. The summed E-state index contributed by atoms with van der Waals surface area (Å²) in [5.41, 5.74) is 1.66. The van der Waals surface area contributed by atoms with E-state index in [9.17, 15) is 9.90 Å². The Morgan fingerprint density at radius 2 is 2.22 bits per heavy atom. The van der Waals surface area contributed by atoms with E-state index in [1.165, 1.54) is 0 Å². The molecule has 1 aromatic rings. The Morgan fingerprint density at radius 3 is 2.96 bits per heavy atom. The van der Waals surface area contributed by atoms with Crippen LogP contribution in [-0.4, -0.2) is 54.9 Å². The van der Waals surface area contributed by atoms with Gasteiger partial charge in [0, 0.05) is 30.7 Å². The minimum absolute atomic E-state index is 0.0162. The average Bonchev–Trinajstić information content (AvgIpc) is 3.04. The molecule has 5 nitrogen and oxygen atoms in total. The van der Waals surface area contributed by atoms with Crippen molar-refractivity contribution in [3.8, 4) is 5.75 Å². The number of carbonyl (C=O) groups is 1. The summed E-state index contributed by atoms with van der Waals surface area (Å²) in [4.78, 5) is 14.8. The smallest absolute Gasteiger partial charge is 0.254 e. The fourth-order valence-electron chi connectivity index (χ4n) is 3.72. The van der Waals surface area contributed by atoms with Crippen molar-refractivity contribution in [2.75, 3.05) is 26.9 Å². The van der Waals surface area contributed by atoms with Gasteiger partial charge in [-0.3, -0.25) is 4.79 Å². The summed E-state index contributed by atoms with van der Waals surface area (Å²) in [7, 11) is 1.62. The third kappa shape index (κ3) is 3.21. The zero-order valence-corrected chi connectivity index (χ0v) is 13.8. The van der Waals surface area contributed by atoms with Gasteiger partial charge in [-0.25, -0.2) is 0 Å². The van der Waals surface area contributed by atoms with E-state index in [0.717, 1.165) is 30.7 Å². The number of rotatable bonds is 3. The van der Waals surface area contributed by atoms with Crippen LogP contribution < -0.4 is 4.74 Å². The second-order valence-electron chi connectivity index (χ2n) is 6.49. The predicted octanol–water partition coefficient (Wildman–Crippen LogP) is 2.01. The lowest BCUT2D eigenvalue weighted by molar-refractivity contribution is -0.0589. The third-order valence-electron chi connectivity index (χ3n) is 5.07. The van der Waals surface area contributed by atoms with E-state index < -0.39 is 0 Å². The van der Waals surface area contributed by atoms with E-state index in [1.54, 1.807) is 13.2 Å². The lowest BCUT2D eigenvalue weighted by atomic mass is 9.89. The Bertz CT molecular complexity index is 574. The minimum Gasteiger partial charge on any atom is -0.496 e. The second kappa shape index (κ2) is 6.89. The van der Waals surface area contributed by atoms with Crippen molar-refractivity contribution in [1.29, 1.82) is 0 Å². The highest BCUT2D eigenvalue weighted by molar-refractivity contribution is 5.95.